The number of carboxylic acids is 1. The van der Waals surface area contributed by atoms with Gasteiger partial charge in [0.15, 0.2) is 0 Å². The maximum absolute atomic E-state index is 12.9. The van der Waals surface area contributed by atoms with Crippen LogP contribution in [-0.4, -0.2) is 86.5 Å². The minimum absolute atomic E-state index is 0.164. The molecule has 14 heteroatoms. The van der Waals surface area contributed by atoms with Gasteiger partial charge in [-0.15, -0.1) is 0 Å². The Balaban J connectivity index is 1.24. The summed E-state index contributed by atoms with van der Waals surface area (Å²) in [6.07, 6.45) is -0.341. The maximum atomic E-state index is 12.9. The average Bonchev–Trinajstić information content (AvgIpc) is 3.44. The molecule has 1 saturated heterocycles. The molecule has 41 heavy (non-hydrogen) atoms. The van der Waals surface area contributed by atoms with Crippen LogP contribution in [0.5, 0.6) is 0 Å². The van der Waals surface area contributed by atoms with Crippen molar-refractivity contribution in [1.82, 2.24) is 25.1 Å². The molecule has 1 aliphatic rings. The van der Waals surface area contributed by atoms with Crippen molar-refractivity contribution >= 4 is 52.6 Å². The first-order chi connectivity index (χ1) is 19.6. The minimum atomic E-state index is -1.20. The van der Waals surface area contributed by atoms with Crippen LogP contribution in [0.25, 0.3) is 11.0 Å². The van der Waals surface area contributed by atoms with Crippen LogP contribution in [-0.2, 0) is 25.7 Å². The number of aromatic nitrogens is 2. The van der Waals surface area contributed by atoms with Crippen LogP contribution in [0.1, 0.15) is 25.8 Å². The number of imide groups is 1. The van der Waals surface area contributed by atoms with Gasteiger partial charge in [0.1, 0.15) is 25.2 Å². The lowest BCUT2D eigenvalue weighted by Gasteiger charge is -2.19. The number of para-hydroxylation sites is 2. The van der Waals surface area contributed by atoms with Crippen molar-refractivity contribution in [2.75, 3.05) is 30.3 Å². The number of alkyl carbamates (subject to hydrolysis) is 1. The van der Waals surface area contributed by atoms with Crippen LogP contribution >= 0.6 is 0 Å². The molecule has 2 unspecified atom stereocenters. The highest BCUT2D eigenvalue weighted by Gasteiger charge is 2.42. The molecule has 14 nitrogen and oxygen atoms in total. The number of aromatic amines is 1. The fourth-order valence-corrected chi connectivity index (χ4v) is 4.21. The Bertz CT molecular complexity index is 1420. The van der Waals surface area contributed by atoms with Gasteiger partial charge in [-0.2, -0.15) is 0 Å². The first-order valence-electron chi connectivity index (χ1n) is 13.0. The van der Waals surface area contributed by atoms with Crippen LogP contribution < -0.4 is 16.0 Å². The Kier molecular flexibility index (Phi) is 9.02. The number of rotatable bonds is 12. The van der Waals surface area contributed by atoms with E-state index in [0.717, 1.165) is 15.9 Å². The summed E-state index contributed by atoms with van der Waals surface area (Å²) in [5.74, 6) is -1.61. The predicted molar refractivity (Wildman–Crippen MR) is 148 cm³/mol. The smallest absolute Gasteiger partial charge is 0.408 e. The van der Waals surface area contributed by atoms with E-state index < -0.39 is 48.5 Å². The molecule has 2 aromatic carbocycles. The van der Waals surface area contributed by atoms with Crippen LogP contribution in [0.15, 0.2) is 48.5 Å². The fraction of sp³-hybridized carbons (Fsp3) is 0.333. The van der Waals surface area contributed by atoms with Crippen LogP contribution in [0, 0.1) is 0 Å². The fourth-order valence-electron chi connectivity index (χ4n) is 4.21. The van der Waals surface area contributed by atoms with Crippen molar-refractivity contribution in [3.05, 3.63) is 54.1 Å². The van der Waals surface area contributed by atoms with Crippen molar-refractivity contribution < 1.29 is 33.8 Å². The molecule has 5 N–H and O–H groups in total. The van der Waals surface area contributed by atoms with Gasteiger partial charge in [-0.3, -0.25) is 19.3 Å². The topological polar surface area (TPSA) is 186 Å². The van der Waals surface area contributed by atoms with Crippen molar-refractivity contribution in [1.29, 1.82) is 0 Å². The number of carbonyl (C=O) groups excluding carboxylic acids is 4. The maximum Gasteiger partial charge on any atom is 0.408 e. The van der Waals surface area contributed by atoms with Gasteiger partial charge in [-0.25, -0.2) is 14.6 Å². The van der Waals surface area contributed by atoms with Crippen molar-refractivity contribution in [2.45, 2.75) is 39.0 Å². The molecular weight excluding hydrogens is 534 g/mol. The minimum Gasteiger partial charge on any atom is -0.480 e. The number of hydrogen-bond donors (Lipinski definition) is 5. The number of ether oxygens (including phenoxy) is 1. The number of amides is 5. The van der Waals surface area contributed by atoms with E-state index in [1.165, 1.54) is 11.8 Å². The number of carbonyl (C=O) groups is 5. The molecular formula is C27H31N7O7. The SMILES string of the molecule is CC(NC(=O)OCc1cccc(NC(=O)CN2C(=O)C(C)N(CCCNc3nc4ccccc4[nH]3)C2=O)c1)C(=O)O. The van der Waals surface area contributed by atoms with E-state index in [2.05, 4.69) is 25.9 Å². The summed E-state index contributed by atoms with van der Waals surface area (Å²) in [5, 5.41) is 16.8. The monoisotopic (exact) mass is 565 g/mol. The number of anilines is 2. The molecule has 3 aromatic rings. The number of nitrogens with zero attached hydrogens (tertiary/aromatic N) is 3. The van der Waals surface area contributed by atoms with Gasteiger partial charge in [0.05, 0.1) is 11.0 Å². The van der Waals surface area contributed by atoms with Crippen LogP contribution in [0.3, 0.4) is 0 Å². The lowest BCUT2D eigenvalue weighted by atomic mass is 10.2. The van der Waals surface area contributed by atoms with Gasteiger partial charge in [-0.1, -0.05) is 24.3 Å². The van der Waals surface area contributed by atoms with E-state index in [1.807, 2.05) is 24.3 Å². The number of H-pyrrole nitrogens is 1. The number of nitrogens with one attached hydrogen (secondary N) is 4. The van der Waals surface area contributed by atoms with E-state index in [0.29, 0.717) is 36.7 Å². The second kappa shape index (κ2) is 12.8. The Morgan fingerprint density at radius 2 is 1.93 bits per heavy atom. The number of fused-ring (bicyclic) bond motifs is 1. The Morgan fingerprint density at radius 1 is 1.15 bits per heavy atom. The zero-order valence-electron chi connectivity index (χ0n) is 22.5. The third kappa shape index (κ3) is 7.29. The largest absolute Gasteiger partial charge is 0.480 e. The molecule has 0 bridgehead atoms. The predicted octanol–water partition coefficient (Wildman–Crippen LogP) is 2.36. The highest BCUT2D eigenvalue weighted by molar-refractivity contribution is 6.07. The number of hydrogen-bond acceptors (Lipinski definition) is 8. The van der Waals surface area contributed by atoms with Gasteiger partial charge in [-0.05, 0) is 50.1 Å². The lowest BCUT2D eigenvalue weighted by molar-refractivity contribution is -0.138. The lowest BCUT2D eigenvalue weighted by Crippen LogP contribution is -2.39. The van der Waals surface area contributed by atoms with E-state index in [1.54, 1.807) is 31.2 Å². The van der Waals surface area contributed by atoms with Crippen LogP contribution in [0.4, 0.5) is 21.2 Å². The van der Waals surface area contributed by atoms with Crippen molar-refractivity contribution in [2.24, 2.45) is 0 Å². The van der Waals surface area contributed by atoms with Crippen molar-refractivity contribution in [3.8, 4) is 0 Å². The molecule has 0 saturated carbocycles. The van der Waals surface area contributed by atoms with Gasteiger partial charge in [0, 0.05) is 18.8 Å². The molecule has 0 radical (unpaired) electrons. The van der Waals surface area contributed by atoms with Gasteiger partial charge < -0.3 is 35.7 Å². The average molecular weight is 566 g/mol. The van der Waals surface area contributed by atoms with Crippen LogP contribution in [0.2, 0.25) is 0 Å². The number of aliphatic carboxylic acids is 1. The Morgan fingerprint density at radius 3 is 2.68 bits per heavy atom. The normalized spacial score (nSPS) is 15.6. The van der Waals surface area contributed by atoms with Gasteiger partial charge in [0.2, 0.25) is 11.9 Å². The molecule has 216 valence electrons. The summed E-state index contributed by atoms with van der Waals surface area (Å²) >= 11 is 0. The Hall–Kier alpha value is -5.14. The molecule has 5 amide bonds. The van der Waals surface area contributed by atoms with E-state index in [4.69, 9.17) is 9.84 Å². The summed E-state index contributed by atoms with van der Waals surface area (Å²) in [6.45, 7) is 3.15. The summed E-state index contributed by atoms with van der Waals surface area (Å²) in [6, 6.07) is 11.7. The van der Waals surface area contributed by atoms with E-state index in [-0.39, 0.29) is 6.61 Å². The first-order valence-corrected chi connectivity index (χ1v) is 13.0. The van der Waals surface area contributed by atoms with Gasteiger partial charge in [0.25, 0.3) is 5.91 Å². The third-order valence-corrected chi connectivity index (χ3v) is 6.41. The molecule has 1 aliphatic heterocycles. The third-order valence-electron chi connectivity index (χ3n) is 6.41. The zero-order chi connectivity index (χ0) is 29.5. The number of benzene rings is 2. The van der Waals surface area contributed by atoms with Gasteiger partial charge >= 0.3 is 18.1 Å². The first kappa shape index (κ1) is 28.9. The van der Waals surface area contributed by atoms with Crippen molar-refractivity contribution in [3.63, 3.8) is 0 Å². The summed E-state index contributed by atoms with van der Waals surface area (Å²) in [5.41, 5.74) is 2.65. The highest BCUT2D eigenvalue weighted by atomic mass is 16.5. The molecule has 0 aliphatic carbocycles. The molecule has 0 spiro atoms. The van der Waals surface area contributed by atoms with E-state index in [9.17, 15) is 24.0 Å². The molecule has 2 atom stereocenters. The number of imidazole rings is 1. The molecule has 4 rings (SSSR count). The molecule has 1 aromatic heterocycles. The second-order valence-electron chi connectivity index (χ2n) is 9.49. The standard InChI is InChI=1S/C27H31N7O7/c1-16(24(37)38)29-26(39)41-15-18-7-5-8-19(13-18)30-22(35)14-34-23(36)17(2)33(27(34)40)12-6-11-28-25-31-20-9-3-4-10-21(20)32-25/h3-5,7-10,13,16-17H,6,11-12,14-15H2,1-2H3,(H,29,39)(H,30,35)(H,37,38)(H2,28,31,32). The van der Waals surface area contributed by atoms with E-state index >= 15 is 0 Å². The quantitative estimate of drug-likeness (QED) is 0.162. The summed E-state index contributed by atoms with van der Waals surface area (Å²) < 4.78 is 5.01. The summed E-state index contributed by atoms with van der Waals surface area (Å²) in [4.78, 5) is 70.9. The Labute approximate surface area is 235 Å². The second-order valence-corrected chi connectivity index (χ2v) is 9.49. The molecule has 2 heterocycles. The number of carboxylic acid groups (broad SMARTS) is 1. The summed E-state index contributed by atoms with van der Waals surface area (Å²) in [7, 11) is 0. The number of urea groups is 1. The highest BCUT2D eigenvalue weighted by Crippen LogP contribution is 2.19. The molecule has 1 fully saturated rings. The zero-order valence-corrected chi connectivity index (χ0v) is 22.5.